The fraction of sp³-hybridized carbons (Fsp3) is 0.667. The Morgan fingerprint density at radius 3 is 2.87 bits per heavy atom. The Labute approximate surface area is 95.3 Å². The Morgan fingerprint density at radius 1 is 1.53 bits per heavy atom. The number of hydrogen-bond donors (Lipinski definition) is 2. The van der Waals surface area contributed by atoms with Gasteiger partial charge in [-0.2, -0.15) is 0 Å². The van der Waals surface area contributed by atoms with Gasteiger partial charge in [0.15, 0.2) is 0 Å². The van der Waals surface area contributed by atoms with Crippen LogP contribution >= 0.6 is 11.3 Å². The Hall–Kier alpha value is -0.380. The largest absolute Gasteiger partial charge is 0.386 e. The fourth-order valence-electron chi connectivity index (χ4n) is 2.26. The van der Waals surface area contributed by atoms with Crippen molar-refractivity contribution in [2.45, 2.75) is 44.2 Å². The molecular weight excluding hydrogens is 206 g/mol. The summed E-state index contributed by atoms with van der Waals surface area (Å²) in [5.41, 5.74) is 0.262. The van der Waals surface area contributed by atoms with Gasteiger partial charge in [-0.1, -0.05) is 18.9 Å². The number of rotatable bonds is 4. The van der Waals surface area contributed by atoms with Crippen molar-refractivity contribution in [2.24, 2.45) is 0 Å². The summed E-state index contributed by atoms with van der Waals surface area (Å²) < 4.78 is 0. The lowest BCUT2D eigenvalue weighted by Crippen LogP contribution is -2.41. The molecule has 1 fully saturated rings. The summed E-state index contributed by atoms with van der Waals surface area (Å²) in [4.78, 5) is 1.06. The summed E-state index contributed by atoms with van der Waals surface area (Å²) in [6, 6.07) is 3.98. The molecule has 1 aliphatic carbocycles. The predicted octanol–water partition coefficient (Wildman–Crippen LogP) is 2.70. The lowest BCUT2D eigenvalue weighted by molar-refractivity contribution is 0.162. The number of aliphatic hydroxyl groups excluding tert-OH is 1. The van der Waals surface area contributed by atoms with Crippen LogP contribution in [0.2, 0.25) is 0 Å². The molecular formula is C12H19NOS. The van der Waals surface area contributed by atoms with E-state index in [1.807, 2.05) is 17.5 Å². The van der Waals surface area contributed by atoms with Crippen molar-refractivity contribution in [3.8, 4) is 0 Å². The van der Waals surface area contributed by atoms with Gasteiger partial charge in [0.2, 0.25) is 0 Å². The Morgan fingerprint density at radius 2 is 2.27 bits per heavy atom. The van der Waals surface area contributed by atoms with Gasteiger partial charge in [-0.3, -0.25) is 0 Å². The van der Waals surface area contributed by atoms with E-state index in [0.29, 0.717) is 6.54 Å². The summed E-state index contributed by atoms with van der Waals surface area (Å²) in [7, 11) is 0. The molecule has 1 atom stereocenters. The van der Waals surface area contributed by atoms with E-state index in [1.165, 1.54) is 25.7 Å². The van der Waals surface area contributed by atoms with Gasteiger partial charge in [-0.05, 0) is 31.2 Å². The van der Waals surface area contributed by atoms with Crippen LogP contribution in [0.25, 0.3) is 0 Å². The maximum Gasteiger partial charge on any atom is 0.101 e. The predicted molar refractivity (Wildman–Crippen MR) is 64.2 cm³/mol. The number of hydrogen-bond acceptors (Lipinski definition) is 3. The highest BCUT2D eigenvalue weighted by atomic mass is 32.1. The smallest absolute Gasteiger partial charge is 0.101 e. The number of β-amino-alcohol motifs (C(OH)–C–C–N with tert-alkyl or cyclic N) is 1. The second-order valence-electron chi connectivity index (χ2n) is 4.68. The molecule has 0 radical (unpaired) electrons. The lowest BCUT2D eigenvalue weighted by Gasteiger charge is -2.26. The molecule has 1 saturated carbocycles. The maximum atomic E-state index is 9.93. The molecule has 0 saturated heterocycles. The first-order chi connectivity index (χ1) is 7.20. The summed E-state index contributed by atoms with van der Waals surface area (Å²) in [6.45, 7) is 2.94. The zero-order chi connectivity index (χ0) is 10.7. The average molecular weight is 225 g/mol. The van der Waals surface area contributed by atoms with Gasteiger partial charge in [-0.15, -0.1) is 11.3 Å². The van der Waals surface area contributed by atoms with E-state index < -0.39 is 0 Å². The Kier molecular flexibility index (Phi) is 3.44. The molecule has 2 N–H and O–H groups in total. The summed E-state index contributed by atoms with van der Waals surface area (Å²) in [6.07, 6.45) is 4.77. The number of nitrogens with one attached hydrogen (secondary N) is 1. The molecule has 2 nitrogen and oxygen atoms in total. The molecule has 3 heteroatoms. The Bertz CT molecular complexity index is 291. The molecule has 1 aromatic heterocycles. The van der Waals surface area contributed by atoms with E-state index in [0.717, 1.165) is 4.88 Å². The van der Waals surface area contributed by atoms with E-state index in [-0.39, 0.29) is 11.6 Å². The van der Waals surface area contributed by atoms with Crippen LogP contribution in [0.15, 0.2) is 17.5 Å². The highest BCUT2D eigenvalue weighted by Crippen LogP contribution is 2.29. The molecule has 2 rings (SSSR count). The second kappa shape index (κ2) is 4.64. The highest BCUT2D eigenvalue weighted by molar-refractivity contribution is 7.10. The molecule has 15 heavy (non-hydrogen) atoms. The topological polar surface area (TPSA) is 32.3 Å². The van der Waals surface area contributed by atoms with E-state index in [2.05, 4.69) is 12.2 Å². The first-order valence-corrected chi connectivity index (χ1v) is 6.54. The first-order valence-electron chi connectivity index (χ1n) is 5.66. The van der Waals surface area contributed by atoms with Gasteiger partial charge in [0, 0.05) is 17.0 Å². The summed E-state index contributed by atoms with van der Waals surface area (Å²) >= 11 is 1.62. The Balaban J connectivity index is 1.83. The highest BCUT2D eigenvalue weighted by Gasteiger charge is 2.28. The molecule has 0 aliphatic heterocycles. The molecule has 0 bridgehead atoms. The summed E-state index contributed by atoms with van der Waals surface area (Å²) in [5, 5.41) is 15.4. The minimum absolute atomic E-state index is 0.262. The zero-order valence-corrected chi connectivity index (χ0v) is 10.0. The van der Waals surface area contributed by atoms with Crippen molar-refractivity contribution in [1.82, 2.24) is 5.32 Å². The van der Waals surface area contributed by atoms with Crippen molar-refractivity contribution in [2.75, 3.05) is 6.54 Å². The van der Waals surface area contributed by atoms with Crippen molar-refractivity contribution < 1.29 is 5.11 Å². The monoisotopic (exact) mass is 225 g/mol. The number of aliphatic hydroxyl groups is 1. The van der Waals surface area contributed by atoms with Gasteiger partial charge in [-0.25, -0.2) is 0 Å². The zero-order valence-electron chi connectivity index (χ0n) is 9.20. The quantitative estimate of drug-likeness (QED) is 0.826. The lowest BCUT2D eigenvalue weighted by atomic mass is 10.0. The fourth-order valence-corrected chi connectivity index (χ4v) is 2.97. The molecule has 84 valence electrons. The van der Waals surface area contributed by atoms with E-state index >= 15 is 0 Å². The van der Waals surface area contributed by atoms with Gasteiger partial charge in [0.25, 0.3) is 0 Å². The first kappa shape index (κ1) is 11.1. The van der Waals surface area contributed by atoms with Crippen LogP contribution in [0.4, 0.5) is 0 Å². The third-order valence-corrected chi connectivity index (χ3v) is 4.27. The van der Waals surface area contributed by atoms with Gasteiger partial charge in [0.1, 0.15) is 6.10 Å². The minimum atomic E-state index is -0.345. The van der Waals surface area contributed by atoms with Crippen LogP contribution in [-0.2, 0) is 0 Å². The van der Waals surface area contributed by atoms with Crippen molar-refractivity contribution >= 4 is 11.3 Å². The van der Waals surface area contributed by atoms with Crippen LogP contribution in [0.5, 0.6) is 0 Å². The average Bonchev–Trinajstić information content (AvgIpc) is 2.85. The molecule has 1 aliphatic rings. The third-order valence-electron chi connectivity index (χ3n) is 3.30. The van der Waals surface area contributed by atoms with Crippen LogP contribution < -0.4 is 5.32 Å². The molecule has 1 aromatic rings. The minimum Gasteiger partial charge on any atom is -0.386 e. The number of thiophene rings is 1. The maximum absolute atomic E-state index is 9.93. The standard InChI is InChI=1S/C12H19NOS/c1-12(6-2-3-7-12)13-9-10(14)11-5-4-8-15-11/h4-5,8,10,13-14H,2-3,6-7,9H2,1H3. The van der Waals surface area contributed by atoms with E-state index in [9.17, 15) is 5.11 Å². The normalized spacial score (nSPS) is 21.7. The van der Waals surface area contributed by atoms with Crippen molar-refractivity contribution in [3.05, 3.63) is 22.4 Å². The SMILES string of the molecule is CC1(NCC(O)c2cccs2)CCCC1. The molecule has 0 spiro atoms. The van der Waals surface area contributed by atoms with E-state index in [4.69, 9.17) is 0 Å². The van der Waals surface area contributed by atoms with Gasteiger partial charge in [0.05, 0.1) is 0 Å². The second-order valence-corrected chi connectivity index (χ2v) is 5.66. The van der Waals surface area contributed by atoms with Gasteiger partial charge < -0.3 is 10.4 Å². The third kappa shape index (κ3) is 2.80. The van der Waals surface area contributed by atoms with Crippen molar-refractivity contribution in [3.63, 3.8) is 0 Å². The van der Waals surface area contributed by atoms with Crippen molar-refractivity contribution in [1.29, 1.82) is 0 Å². The van der Waals surface area contributed by atoms with Crippen LogP contribution in [0.3, 0.4) is 0 Å². The van der Waals surface area contributed by atoms with Crippen LogP contribution in [-0.4, -0.2) is 17.2 Å². The molecule has 1 unspecified atom stereocenters. The van der Waals surface area contributed by atoms with Crippen LogP contribution in [0.1, 0.15) is 43.6 Å². The molecule has 0 aromatic carbocycles. The molecule has 0 amide bonds. The molecule has 1 heterocycles. The van der Waals surface area contributed by atoms with Crippen LogP contribution in [0, 0.1) is 0 Å². The van der Waals surface area contributed by atoms with E-state index in [1.54, 1.807) is 11.3 Å². The summed E-state index contributed by atoms with van der Waals surface area (Å²) in [5.74, 6) is 0. The van der Waals surface area contributed by atoms with Gasteiger partial charge >= 0.3 is 0 Å².